The zero-order valence-electron chi connectivity index (χ0n) is 18.1. The van der Waals surface area contributed by atoms with Gasteiger partial charge in [-0.25, -0.2) is 9.31 Å². The van der Waals surface area contributed by atoms with Crippen LogP contribution in [0.15, 0.2) is 42.9 Å². The number of benzene rings is 1. The number of amides is 3. The van der Waals surface area contributed by atoms with Gasteiger partial charge in [-0.05, 0) is 31.0 Å². The van der Waals surface area contributed by atoms with Crippen molar-refractivity contribution in [2.24, 2.45) is 12.5 Å². The summed E-state index contributed by atoms with van der Waals surface area (Å²) in [6.45, 7) is 1.24. The standard InChI is InChI=1S/C22H23F3N6O2/c1-28-6-7-31-18(28)17(11-26-31)19(32)30-12-21(13-30)9-16(10-21)29(2)20(33)27-15-5-3-4-14(8-15)22(23,24)25/h3-8,11,16H,9-10,12-13H2,1-2H3,(H,27,33). The summed E-state index contributed by atoms with van der Waals surface area (Å²) in [5.74, 6) is -0.0588. The Labute approximate surface area is 187 Å². The van der Waals surface area contributed by atoms with Crippen molar-refractivity contribution in [3.8, 4) is 0 Å². The first-order valence-corrected chi connectivity index (χ1v) is 10.6. The van der Waals surface area contributed by atoms with E-state index in [-0.39, 0.29) is 23.1 Å². The highest BCUT2D eigenvalue weighted by atomic mass is 19.4. The molecule has 1 aliphatic carbocycles. The van der Waals surface area contributed by atoms with Gasteiger partial charge in [0.25, 0.3) is 5.91 Å². The van der Waals surface area contributed by atoms with Crippen LogP contribution in [0.1, 0.15) is 28.8 Å². The first-order valence-electron chi connectivity index (χ1n) is 10.6. The van der Waals surface area contributed by atoms with Crippen LogP contribution < -0.4 is 5.32 Å². The molecule has 1 saturated carbocycles. The molecule has 0 atom stereocenters. The normalized spacial score (nSPS) is 17.7. The van der Waals surface area contributed by atoms with E-state index in [1.807, 2.05) is 17.8 Å². The maximum atomic E-state index is 12.9. The molecule has 1 spiro atoms. The van der Waals surface area contributed by atoms with Crippen LogP contribution in [0, 0.1) is 5.41 Å². The molecule has 0 radical (unpaired) electrons. The van der Waals surface area contributed by atoms with Gasteiger partial charge < -0.3 is 19.7 Å². The number of nitrogens with one attached hydrogen (secondary N) is 1. The average molecular weight is 460 g/mol. The van der Waals surface area contributed by atoms with Gasteiger partial charge in [0.2, 0.25) is 0 Å². The van der Waals surface area contributed by atoms with Gasteiger partial charge in [-0.2, -0.15) is 18.3 Å². The number of carbonyl (C=O) groups is 2. The van der Waals surface area contributed by atoms with Gasteiger partial charge in [0.1, 0.15) is 11.2 Å². The molecule has 0 unspecified atom stereocenters. The lowest BCUT2D eigenvalue weighted by Crippen LogP contribution is -2.67. The zero-order valence-corrected chi connectivity index (χ0v) is 18.1. The molecule has 1 saturated heterocycles. The minimum absolute atomic E-state index is 0.00838. The number of alkyl halides is 3. The third kappa shape index (κ3) is 3.61. The first-order chi connectivity index (χ1) is 15.6. The largest absolute Gasteiger partial charge is 0.416 e. The van der Waals surface area contributed by atoms with E-state index in [4.69, 9.17) is 0 Å². The van der Waals surface area contributed by atoms with Gasteiger partial charge in [-0.3, -0.25) is 4.79 Å². The molecule has 8 nitrogen and oxygen atoms in total. The van der Waals surface area contributed by atoms with Crippen LogP contribution in [0.25, 0.3) is 5.65 Å². The van der Waals surface area contributed by atoms with E-state index in [0.717, 1.165) is 30.6 Å². The highest BCUT2D eigenvalue weighted by molar-refractivity contribution is 6.00. The number of halogens is 3. The smallest absolute Gasteiger partial charge is 0.337 e. The molecule has 3 aromatic rings. The van der Waals surface area contributed by atoms with Crippen LogP contribution in [-0.4, -0.2) is 62.1 Å². The summed E-state index contributed by atoms with van der Waals surface area (Å²) in [4.78, 5) is 28.8. The number of fused-ring (bicyclic) bond motifs is 1. The highest BCUT2D eigenvalue weighted by Gasteiger charge is 2.55. The maximum Gasteiger partial charge on any atom is 0.416 e. The number of anilines is 1. The van der Waals surface area contributed by atoms with Crippen molar-refractivity contribution >= 4 is 23.3 Å². The van der Waals surface area contributed by atoms with Crippen molar-refractivity contribution in [2.45, 2.75) is 25.1 Å². The summed E-state index contributed by atoms with van der Waals surface area (Å²) in [5.41, 5.74) is 0.593. The van der Waals surface area contributed by atoms with Gasteiger partial charge in [0, 0.05) is 56.7 Å². The molecular formula is C22H23F3N6O2. The summed E-state index contributed by atoms with van der Waals surface area (Å²) in [6.07, 6.45) is 2.24. The molecule has 174 valence electrons. The molecule has 5 rings (SSSR count). The second-order valence-electron chi connectivity index (χ2n) is 9.08. The molecule has 11 heteroatoms. The van der Waals surface area contributed by atoms with Gasteiger partial charge in [0.15, 0.2) is 0 Å². The SMILES string of the molecule is CN(C(=O)Nc1cccc(C(F)(F)F)c1)C1CC2(C1)CN(C(=O)c1cnn3ccn(C)c13)C2. The van der Waals surface area contributed by atoms with Crippen LogP contribution >= 0.6 is 0 Å². The Morgan fingerprint density at radius 2 is 1.94 bits per heavy atom. The number of aryl methyl sites for hydroxylation is 1. The molecule has 3 amide bonds. The van der Waals surface area contributed by atoms with E-state index in [0.29, 0.717) is 18.7 Å². The molecule has 3 heterocycles. The monoisotopic (exact) mass is 460 g/mol. The Morgan fingerprint density at radius 1 is 1.21 bits per heavy atom. The number of aromatic nitrogens is 3. The minimum Gasteiger partial charge on any atom is -0.337 e. The lowest BCUT2D eigenvalue weighted by Gasteiger charge is -2.60. The molecule has 1 aliphatic heterocycles. The summed E-state index contributed by atoms with van der Waals surface area (Å²) in [7, 11) is 3.50. The Kier molecular flexibility index (Phi) is 4.69. The number of imidazole rings is 1. The highest BCUT2D eigenvalue weighted by Crippen LogP contribution is 2.50. The topological polar surface area (TPSA) is 74.9 Å². The average Bonchev–Trinajstić information content (AvgIpc) is 3.28. The fourth-order valence-corrected chi connectivity index (χ4v) is 4.90. The van der Waals surface area contributed by atoms with E-state index in [9.17, 15) is 22.8 Å². The predicted octanol–water partition coefficient (Wildman–Crippen LogP) is 3.46. The van der Waals surface area contributed by atoms with Crippen LogP contribution in [0.4, 0.5) is 23.7 Å². The predicted molar refractivity (Wildman–Crippen MR) is 114 cm³/mol. The van der Waals surface area contributed by atoms with Crippen LogP contribution in [0.5, 0.6) is 0 Å². The van der Waals surface area contributed by atoms with Crippen molar-refractivity contribution in [1.82, 2.24) is 24.0 Å². The summed E-state index contributed by atoms with van der Waals surface area (Å²) in [6, 6.07) is 4.10. The quantitative estimate of drug-likeness (QED) is 0.651. The van der Waals surface area contributed by atoms with Crippen molar-refractivity contribution < 1.29 is 22.8 Å². The Bertz CT molecular complexity index is 1230. The van der Waals surface area contributed by atoms with Crippen molar-refractivity contribution in [2.75, 3.05) is 25.5 Å². The van der Waals surface area contributed by atoms with Gasteiger partial charge >= 0.3 is 12.2 Å². The van der Waals surface area contributed by atoms with E-state index in [1.54, 1.807) is 28.9 Å². The van der Waals surface area contributed by atoms with Crippen molar-refractivity contribution in [3.05, 3.63) is 54.0 Å². The third-order valence-corrected chi connectivity index (χ3v) is 6.75. The Hall–Kier alpha value is -3.50. The number of hydrogen-bond donors (Lipinski definition) is 1. The van der Waals surface area contributed by atoms with Crippen molar-refractivity contribution in [1.29, 1.82) is 0 Å². The van der Waals surface area contributed by atoms with Gasteiger partial charge in [-0.15, -0.1) is 0 Å². The fourth-order valence-electron chi connectivity index (χ4n) is 4.90. The van der Waals surface area contributed by atoms with Gasteiger partial charge in [-0.1, -0.05) is 6.07 Å². The number of urea groups is 1. The van der Waals surface area contributed by atoms with E-state index in [2.05, 4.69) is 10.4 Å². The summed E-state index contributed by atoms with van der Waals surface area (Å²) >= 11 is 0. The minimum atomic E-state index is -4.47. The van der Waals surface area contributed by atoms with Crippen LogP contribution in [0.2, 0.25) is 0 Å². The van der Waals surface area contributed by atoms with Crippen LogP contribution in [0.3, 0.4) is 0 Å². The molecule has 33 heavy (non-hydrogen) atoms. The fraction of sp³-hybridized carbons (Fsp3) is 0.409. The summed E-state index contributed by atoms with van der Waals surface area (Å²) < 4.78 is 42.2. The lowest BCUT2D eigenvalue weighted by atomic mass is 9.60. The second-order valence-corrected chi connectivity index (χ2v) is 9.08. The molecule has 2 aliphatic rings. The number of likely N-dealkylation sites (tertiary alicyclic amines) is 1. The molecule has 1 aromatic carbocycles. The number of rotatable bonds is 3. The van der Waals surface area contributed by atoms with E-state index in [1.165, 1.54) is 17.0 Å². The van der Waals surface area contributed by atoms with Gasteiger partial charge in [0.05, 0.1) is 11.8 Å². The summed E-state index contributed by atoms with van der Waals surface area (Å²) in [5, 5.41) is 6.76. The number of carbonyl (C=O) groups excluding carboxylic acids is 2. The first kappa shape index (κ1) is 21.4. The molecule has 1 N–H and O–H groups in total. The third-order valence-electron chi connectivity index (χ3n) is 6.75. The Morgan fingerprint density at radius 3 is 2.64 bits per heavy atom. The molecule has 0 bridgehead atoms. The molecule has 2 aromatic heterocycles. The van der Waals surface area contributed by atoms with Crippen LogP contribution in [-0.2, 0) is 13.2 Å². The van der Waals surface area contributed by atoms with E-state index >= 15 is 0 Å². The molecule has 2 fully saturated rings. The van der Waals surface area contributed by atoms with Crippen molar-refractivity contribution in [3.63, 3.8) is 0 Å². The number of nitrogens with zero attached hydrogens (tertiary/aromatic N) is 5. The number of hydrogen-bond acceptors (Lipinski definition) is 3. The zero-order chi connectivity index (χ0) is 23.5. The Balaban J connectivity index is 1.15. The second kappa shape index (κ2) is 7.26. The maximum absolute atomic E-state index is 12.9. The lowest BCUT2D eigenvalue weighted by molar-refractivity contribution is -0.137. The molecular weight excluding hydrogens is 437 g/mol. The van der Waals surface area contributed by atoms with E-state index < -0.39 is 17.8 Å².